The topological polar surface area (TPSA) is 75.7 Å². The summed E-state index contributed by atoms with van der Waals surface area (Å²) in [5.41, 5.74) is 1.70. The minimum Gasteiger partial charge on any atom is -0.449 e. The summed E-state index contributed by atoms with van der Waals surface area (Å²) in [7, 11) is 1.43. The van der Waals surface area contributed by atoms with Gasteiger partial charge in [-0.15, -0.1) is 0 Å². The van der Waals surface area contributed by atoms with Crippen LogP contribution in [0.5, 0.6) is 0 Å². The molecule has 2 aromatic rings. The first-order valence-corrected chi connectivity index (χ1v) is 8.34. The van der Waals surface area contributed by atoms with Crippen LogP contribution in [0.1, 0.15) is 22.8 Å². The Kier molecular flexibility index (Phi) is 6.65. The van der Waals surface area contributed by atoms with Gasteiger partial charge in [0.1, 0.15) is 5.82 Å². The number of likely N-dealkylation sites (N-methyl/N-ethyl adjacent to an activating group) is 1. The number of esters is 1. The van der Waals surface area contributed by atoms with Gasteiger partial charge in [0.25, 0.3) is 5.91 Å². The van der Waals surface area contributed by atoms with Gasteiger partial charge in [-0.1, -0.05) is 23.8 Å². The van der Waals surface area contributed by atoms with E-state index in [1.54, 1.807) is 12.1 Å². The van der Waals surface area contributed by atoms with Crippen LogP contribution in [0.4, 0.5) is 10.1 Å². The maximum Gasteiger partial charge on any atom is 0.339 e. The van der Waals surface area contributed by atoms with Crippen molar-refractivity contribution in [3.63, 3.8) is 0 Å². The summed E-state index contributed by atoms with van der Waals surface area (Å²) in [6.45, 7) is 3.13. The molecule has 2 rings (SSSR count). The molecule has 0 unspecified atom stereocenters. The number of carbonyl (C=O) groups is 3. The number of nitrogens with one attached hydrogen (secondary N) is 1. The van der Waals surface area contributed by atoms with Crippen molar-refractivity contribution in [2.24, 2.45) is 0 Å². The summed E-state index contributed by atoms with van der Waals surface area (Å²) in [6, 6.07) is 12.2. The first-order valence-electron chi connectivity index (χ1n) is 8.34. The van der Waals surface area contributed by atoms with Crippen LogP contribution in [0.25, 0.3) is 0 Å². The Labute approximate surface area is 156 Å². The monoisotopic (exact) mass is 372 g/mol. The van der Waals surface area contributed by atoms with Crippen LogP contribution in [-0.2, 0) is 14.3 Å². The van der Waals surface area contributed by atoms with E-state index in [1.165, 1.54) is 32.2 Å². The molecule has 0 spiro atoms. The van der Waals surface area contributed by atoms with Crippen LogP contribution >= 0.6 is 0 Å². The SMILES string of the molecule is Cc1ccc(NC(=O)CN(C)C(=O)[C@@H](C)OC(=O)c2cccc(F)c2)cc1. The van der Waals surface area contributed by atoms with E-state index >= 15 is 0 Å². The maximum atomic E-state index is 13.2. The Morgan fingerprint density at radius 3 is 2.44 bits per heavy atom. The molecule has 2 aromatic carbocycles. The lowest BCUT2D eigenvalue weighted by molar-refractivity contribution is -0.140. The molecule has 0 fully saturated rings. The number of rotatable bonds is 6. The van der Waals surface area contributed by atoms with Crippen LogP contribution in [0.15, 0.2) is 48.5 Å². The van der Waals surface area contributed by atoms with E-state index in [2.05, 4.69) is 5.32 Å². The van der Waals surface area contributed by atoms with Crippen molar-refractivity contribution >= 4 is 23.5 Å². The molecule has 142 valence electrons. The number of benzene rings is 2. The highest BCUT2D eigenvalue weighted by molar-refractivity contribution is 5.96. The fourth-order valence-electron chi connectivity index (χ4n) is 2.34. The first-order chi connectivity index (χ1) is 12.8. The van der Waals surface area contributed by atoms with Crippen molar-refractivity contribution in [1.29, 1.82) is 0 Å². The molecule has 0 saturated carbocycles. The van der Waals surface area contributed by atoms with E-state index in [4.69, 9.17) is 4.74 Å². The molecule has 1 atom stereocenters. The standard InChI is InChI=1S/C20H21FN2O4/c1-13-7-9-17(10-8-13)22-18(24)12-23(3)19(25)14(2)27-20(26)15-5-4-6-16(21)11-15/h4-11,14H,12H2,1-3H3,(H,22,24)/t14-/m1/s1. The first kappa shape index (κ1) is 20.1. The molecule has 0 aliphatic carbocycles. The minimum absolute atomic E-state index is 0.00872. The largest absolute Gasteiger partial charge is 0.449 e. The van der Waals surface area contributed by atoms with Crippen molar-refractivity contribution < 1.29 is 23.5 Å². The average molecular weight is 372 g/mol. The van der Waals surface area contributed by atoms with E-state index in [9.17, 15) is 18.8 Å². The molecule has 27 heavy (non-hydrogen) atoms. The predicted octanol–water partition coefficient (Wildman–Crippen LogP) is 2.78. The Morgan fingerprint density at radius 2 is 1.81 bits per heavy atom. The third kappa shape index (κ3) is 5.91. The van der Waals surface area contributed by atoms with Gasteiger partial charge in [0, 0.05) is 12.7 Å². The zero-order valence-electron chi connectivity index (χ0n) is 15.4. The van der Waals surface area contributed by atoms with E-state index < -0.39 is 23.8 Å². The summed E-state index contributed by atoms with van der Waals surface area (Å²) in [6.07, 6.45) is -1.11. The summed E-state index contributed by atoms with van der Waals surface area (Å²) in [5.74, 6) is -2.31. The van der Waals surface area contributed by atoms with Crippen LogP contribution in [0.2, 0.25) is 0 Å². The minimum atomic E-state index is -1.11. The van der Waals surface area contributed by atoms with Gasteiger partial charge in [0.2, 0.25) is 5.91 Å². The zero-order valence-corrected chi connectivity index (χ0v) is 15.4. The molecule has 0 radical (unpaired) electrons. The molecule has 0 saturated heterocycles. The fraction of sp³-hybridized carbons (Fsp3) is 0.250. The van der Waals surface area contributed by atoms with Crippen LogP contribution in [0.3, 0.4) is 0 Å². The lowest BCUT2D eigenvalue weighted by Gasteiger charge is -2.21. The molecule has 0 heterocycles. The fourth-order valence-corrected chi connectivity index (χ4v) is 2.34. The van der Waals surface area contributed by atoms with Crippen LogP contribution in [0, 0.1) is 12.7 Å². The Bertz CT molecular complexity index is 836. The molecule has 1 N–H and O–H groups in total. The van der Waals surface area contributed by atoms with Gasteiger partial charge in [0.05, 0.1) is 12.1 Å². The second-order valence-electron chi connectivity index (χ2n) is 6.17. The number of hydrogen-bond donors (Lipinski definition) is 1. The molecular formula is C20H21FN2O4. The zero-order chi connectivity index (χ0) is 20.0. The highest BCUT2D eigenvalue weighted by atomic mass is 19.1. The van der Waals surface area contributed by atoms with Gasteiger partial charge in [-0.3, -0.25) is 9.59 Å². The molecule has 0 aromatic heterocycles. The molecule has 0 bridgehead atoms. The summed E-state index contributed by atoms with van der Waals surface area (Å²) >= 11 is 0. The van der Waals surface area contributed by atoms with Crippen molar-refractivity contribution in [3.8, 4) is 0 Å². The van der Waals surface area contributed by atoms with Crippen LogP contribution in [-0.4, -0.2) is 42.4 Å². The van der Waals surface area contributed by atoms with Crippen molar-refractivity contribution in [2.75, 3.05) is 18.9 Å². The van der Waals surface area contributed by atoms with E-state index in [-0.39, 0.29) is 18.0 Å². The number of aryl methyl sites for hydroxylation is 1. The number of halogens is 1. The number of nitrogens with zero attached hydrogens (tertiary/aromatic N) is 1. The van der Waals surface area contributed by atoms with Gasteiger partial charge in [-0.05, 0) is 44.2 Å². The number of amides is 2. The average Bonchev–Trinajstić information content (AvgIpc) is 2.62. The van der Waals surface area contributed by atoms with Crippen molar-refractivity contribution in [2.45, 2.75) is 20.0 Å². The maximum absolute atomic E-state index is 13.2. The van der Waals surface area contributed by atoms with Gasteiger partial charge in [-0.2, -0.15) is 0 Å². The highest BCUT2D eigenvalue weighted by Gasteiger charge is 2.23. The summed E-state index contributed by atoms with van der Waals surface area (Å²) < 4.78 is 18.2. The predicted molar refractivity (Wildman–Crippen MR) is 98.7 cm³/mol. The van der Waals surface area contributed by atoms with Gasteiger partial charge in [0.15, 0.2) is 6.10 Å². The van der Waals surface area contributed by atoms with Crippen molar-refractivity contribution in [1.82, 2.24) is 4.90 Å². The normalized spacial score (nSPS) is 11.4. The second-order valence-corrected chi connectivity index (χ2v) is 6.17. The number of ether oxygens (including phenoxy) is 1. The lowest BCUT2D eigenvalue weighted by Crippen LogP contribution is -2.41. The molecule has 0 aliphatic rings. The van der Waals surface area contributed by atoms with Gasteiger partial charge >= 0.3 is 5.97 Å². The molecule has 6 nitrogen and oxygen atoms in total. The molecule has 2 amide bonds. The molecule has 7 heteroatoms. The van der Waals surface area contributed by atoms with E-state index in [1.807, 2.05) is 19.1 Å². The van der Waals surface area contributed by atoms with Crippen molar-refractivity contribution in [3.05, 3.63) is 65.5 Å². The summed E-state index contributed by atoms with van der Waals surface area (Å²) in [5, 5.41) is 2.68. The van der Waals surface area contributed by atoms with E-state index in [0.717, 1.165) is 16.5 Å². The van der Waals surface area contributed by atoms with Crippen LogP contribution < -0.4 is 5.32 Å². The Hall–Kier alpha value is -3.22. The number of hydrogen-bond acceptors (Lipinski definition) is 4. The highest BCUT2D eigenvalue weighted by Crippen LogP contribution is 2.10. The quantitative estimate of drug-likeness (QED) is 0.791. The second kappa shape index (κ2) is 8.93. The number of anilines is 1. The molecular weight excluding hydrogens is 351 g/mol. The number of carbonyl (C=O) groups excluding carboxylic acids is 3. The third-order valence-electron chi connectivity index (χ3n) is 3.78. The lowest BCUT2D eigenvalue weighted by atomic mass is 10.2. The van der Waals surface area contributed by atoms with E-state index in [0.29, 0.717) is 5.69 Å². The Balaban J connectivity index is 1.88. The summed E-state index contributed by atoms with van der Waals surface area (Å²) in [4.78, 5) is 37.5. The molecule has 0 aliphatic heterocycles. The Morgan fingerprint density at radius 1 is 1.15 bits per heavy atom. The smallest absolute Gasteiger partial charge is 0.339 e. The van der Waals surface area contributed by atoms with Gasteiger partial charge in [-0.25, -0.2) is 9.18 Å². The third-order valence-corrected chi connectivity index (χ3v) is 3.78. The van der Waals surface area contributed by atoms with Gasteiger partial charge < -0.3 is 15.0 Å².